The third-order valence-electron chi connectivity index (χ3n) is 4.33. The minimum Gasteiger partial charge on any atom is -0.490 e. The SMILES string of the molecule is C=CCOc1cccc(C=NNC(=O)c2ccc(CN3CCOCC3)cc2)c1. The fourth-order valence-electron chi connectivity index (χ4n) is 2.85. The summed E-state index contributed by atoms with van der Waals surface area (Å²) in [4.78, 5) is 14.6. The van der Waals surface area contributed by atoms with E-state index in [0.717, 1.165) is 44.2 Å². The van der Waals surface area contributed by atoms with E-state index in [4.69, 9.17) is 9.47 Å². The number of hydrazone groups is 1. The molecule has 0 atom stereocenters. The van der Waals surface area contributed by atoms with Crippen LogP contribution in [-0.2, 0) is 11.3 Å². The maximum atomic E-state index is 12.3. The van der Waals surface area contributed by atoms with Crippen molar-refractivity contribution >= 4 is 12.1 Å². The molecule has 146 valence electrons. The molecule has 3 rings (SSSR count). The Morgan fingerprint density at radius 1 is 1.21 bits per heavy atom. The molecule has 0 aromatic heterocycles. The molecule has 0 aliphatic carbocycles. The molecule has 1 aliphatic heterocycles. The molecular formula is C22H25N3O3. The summed E-state index contributed by atoms with van der Waals surface area (Å²) in [6.45, 7) is 8.38. The van der Waals surface area contributed by atoms with E-state index in [-0.39, 0.29) is 5.91 Å². The second-order valence-corrected chi connectivity index (χ2v) is 6.46. The number of morpholine rings is 1. The maximum Gasteiger partial charge on any atom is 0.271 e. The van der Waals surface area contributed by atoms with Crippen LogP contribution in [0.5, 0.6) is 5.75 Å². The van der Waals surface area contributed by atoms with Gasteiger partial charge in [-0.15, -0.1) is 0 Å². The molecule has 2 aromatic carbocycles. The van der Waals surface area contributed by atoms with Crippen molar-refractivity contribution in [2.75, 3.05) is 32.9 Å². The number of benzene rings is 2. The topological polar surface area (TPSA) is 63.2 Å². The monoisotopic (exact) mass is 379 g/mol. The minimum absolute atomic E-state index is 0.242. The highest BCUT2D eigenvalue weighted by molar-refractivity contribution is 5.94. The zero-order valence-electron chi connectivity index (χ0n) is 15.8. The van der Waals surface area contributed by atoms with Crippen LogP contribution in [0.1, 0.15) is 21.5 Å². The number of amides is 1. The number of carbonyl (C=O) groups is 1. The normalized spacial score (nSPS) is 14.7. The van der Waals surface area contributed by atoms with Crippen LogP contribution >= 0.6 is 0 Å². The van der Waals surface area contributed by atoms with E-state index in [0.29, 0.717) is 12.2 Å². The highest BCUT2D eigenvalue weighted by Gasteiger charge is 2.11. The molecular weight excluding hydrogens is 354 g/mol. The summed E-state index contributed by atoms with van der Waals surface area (Å²) < 4.78 is 10.8. The van der Waals surface area contributed by atoms with Gasteiger partial charge in [-0.25, -0.2) is 5.43 Å². The molecule has 0 radical (unpaired) electrons. The van der Waals surface area contributed by atoms with Gasteiger partial charge in [0.2, 0.25) is 0 Å². The van der Waals surface area contributed by atoms with Crippen LogP contribution in [0.3, 0.4) is 0 Å². The van der Waals surface area contributed by atoms with Crippen molar-refractivity contribution in [1.82, 2.24) is 10.3 Å². The summed E-state index contributed by atoms with van der Waals surface area (Å²) in [6, 6.07) is 15.1. The molecule has 0 saturated carbocycles. The Balaban J connectivity index is 1.51. The van der Waals surface area contributed by atoms with Crippen LogP contribution in [0.15, 0.2) is 66.3 Å². The smallest absolute Gasteiger partial charge is 0.271 e. The van der Waals surface area contributed by atoms with E-state index in [1.807, 2.05) is 48.5 Å². The molecule has 0 spiro atoms. The van der Waals surface area contributed by atoms with E-state index in [2.05, 4.69) is 22.0 Å². The molecule has 1 heterocycles. The molecule has 1 aliphatic rings. The van der Waals surface area contributed by atoms with Gasteiger partial charge in [0, 0.05) is 25.2 Å². The zero-order valence-corrected chi connectivity index (χ0v) is 15.8. The zero-order chi connectivity index (χ0) is 19.6. The fraction of sp³-hybridized carbons (Fsp3) is 0.273. The fourth-order valence-corrected chi connectivity index (χ4v) is 2.85. The van der Waals surface area contributed by atoms with Crippen molar-refractivity contribution in [1.29, 1.82) is 0 Å². The van der Waals surface area contributed by atoms with Crippen molar-refractivity contribution in [3.05, 3.63) is 77.9 Å². The number of rotatable bonds is 8. The first kappa shape index (κ1) is 19.8. The average Bonchev–Trinajstić information content (AvgIpc) is 2.74. The van der Waals surface area contributed by atoms with Gasteiger partial charge < -0.3 is 9.47 Å². The van der Waals surface area contributed by atoms with Crippen molar-refractivity contribution in [3.8, 4) is 5.75 Å². The molecule has 1 N–H and O–H groups in total. The van der Waals surface area contributed by atoms with Gasteiger partial charge in [0.1, 0.15) is 12.4 Å². The van der Waals surface area contributed by atoms with E-state index >= 15 is 0 Å². The maximum absolute atomic E-state index is 12.3. The highest BCUT2D eigenvalue weighted by atomic mass is 16.5. The van der Waals surface area contributed by atoms with Gasteiger partial charge in [0.05, 0.1) is 19.4 Å². The first-order valence-corrected chi connectivity index (χ1v) is 9.31. The Labute approximate surface area is 165 Å². The van der Waals surface area contributed by atoms with Crippen molar-refractivity contribution in [2.45, 2.75) is 6.54 Å². The number of carbonyl (C=O) groups excluding carboxylic acids is 1. The second-order valence-electron chi connectivity index (χ2n) is 6.46. The Morgan fingerprint density at radius 3 is 2.75 bits per heavy atom. The molecule has 1 saturated heterocycles. The molecule has 2 aromatic rings. The largest absolute Gasteiger partial charge is 0.490 e. The third kappa shape index (κ3) is 6.04. The van der Waals surface area contributed by atoms with Crippen molar-refractivity contribution < 1.29 is 14.3 Å². The van der Waals surface area contributed by atoms with Gasteiger partial charge in [-0.05, 0) is 35.4 Å². The van der Waals surface area contributed by atoms with Gasteiger partial charge in [-0.1, -0.05) is 36.9 Å². The molecule has 1 amide bonds. The standard InChI is InChI=1S/C22H25N3O3/c1-2-12-28-21-5-3-4-19(15-21)16-23-24-22(26)20-8-6-18(7-9-20)17-25-10-13-27-14-11-25/h2-9,15-16H,1,10-14,17H2,(H,24,26). The molecule has 6 nitrogen and oxygen atoms in total. The van der Waals surface area contributed by atoms with Gasteiger partial charge in [-0.3, -0.25) is 9.69 Å². The highest BCUT2D eigenvalue weighted by Crippen LogP contribution is 2.12. The lowest BCUT2D eigenvalue weighted by atomic mass is 10.1. The number of hydrogen-bond donors (Lipinski definition) is 1. The van der Waals surface area contributed by atoms with Gasteiger partial charge in [-0.2, -0.15) is 5.10 Å². The predicted molar refractivity (Wildman–Crippen MR) is 110 cm³/mol. The van der Waals surface area contributed by atoms with Crippen LogP contribution in [0.2, 0.25) is 0 Å². The summed E-state index contributed by atoms with van der Waals surface area (Å²) in [6.07, 6.45) is 3.28. The quantitative estimate of drug-likeness (QED) is 0.435. The van der Waals surface area contributed by atoms with E-state index in [9.17, 15) is 4.79 Å². The first-order valence-electron chi connectivity index (χ1n) is 9.31. The lowest BCUT2D eigenvalue weighted by molar-refractivity contribution is 0.0342. The summed E-state index contributed by atoms with van der Waals surface area (Å²) in [7, 11) is 0. The third-order valence-corrected chi connectivity index (χ3v) is 4.33. The van der Waals surface area contributed by atoms with Crippen LogP contribution in [-0.4, -0.2) is 49.9 Å². The number of ether oxygens (including phenoxy) is 2. The lowest BCUT2D eigenvalue weighted by Gasteiger charge is -2.26. The minimum atomic E-state index is -0.242. The molecule has 0 bridgehead atoms. The number of hydrogen-bond acceptors (Lipinski definition) is 5. The number of nitrogens with zero attached hydrogens (tertiary/aromatic N) is 2. The van der Waals surface area contributed by atoms with E-state index < -0.39 is 0 Å². The summed E-state index contributed by atoms with van der Waals surface area (Å²) in [5, 5.41) is 4.03. The Hall–Kier alpha value is -2.96. The van der Waals surface area contributed by atoms with Crippen LogP contribution in [0.25, 0.3) is 0 Å². The molecule has 28 heavy (non-hydrogen) atoms. The lowest BCUT2D eigenvalue weighted by Crippen LogP contribution is -2.35. The molecule has 1 fully saturated rings. The van der Waals surface area contributed by atoms with Gasteiger partial charge in [0.15, 0.2) is 0 Å². The number of nitrogens with one attached hydrogen (secondary N) is 1. The Kier molecular flexibility index (Phi) is 7.35. The molecule has 0 unspecified atom stereocenters. The van der Waals surface area contributed by atoms with Gasteiger partial charge in [0.25, 0.3) is 5.91 Å². The van der Waals surface area contributed by atoms with Crippen molar-refractivity contribution in [3.63, 3.8) is 0 Å². The summed E-state index contributed by atoms with van der Waals surface area (Å²) in [5.74, 6) is 0.485. The van der Waals surface area contributed by atoms with Crippen LogP contribution in [0.4, 0.5) is 0 Å². The summed E-state index contributed by atoms with van der Waals surface area (Å²) >= 11 is 0. The Bertz CT molecular complexity index is 812. The van der Waals surface area contributed by atoms with Crippen LogP contribution in [0, 0.1) is 0 Å². The van der Waals surface area contributed by atoms with E-state index in [1.54, 1.807) is 12.3 Å². The molecule has 6 heteroatoms. The Morgan fingerprint density at radius 2 is 2.00 bits per heavy atom. The van der Waals surface area contributed by atoms with Gasteiger partial charge >= 0.3 is 0 Å². The first-order chi connectivity index (χ1) is 13.7. The predicted octanol–water partition coefficient (Wildman–Crippen LogP) is 2.85. The average molecular weight is 379 g/mol. The van der Waals surface area contributed by atoms with Crippen LogP contribution < -0.4 is 10.2 Å². The van der Waals surface area contributed by atoms with Crippen molar-refractivity contribution in [2.24, 2.45) is 5.10 Å². The van der Waals surface area contributed by atoms with E-state index in [1.165, 1.54) is 5.56 Å². The second kappa shape index (κ2) is 10.4. The summed E-state index contributed by atoms with van der Waals surface area (Å²) in [5.41, 5.74) is 5.15.